The largest absolute Gasteiger partial charge is 0.461 e. The van der Waals surface area contributed by atoms with Gasteiger partial charge >= 0.3 is 5.97 Å². The fourth-order valence-corrected chi connectivity index (χ4v) is 2.64. The molecule has 0 N–H and O–H groups in total. The van der Waals surface area contributed by atoms with E-state index in [-0.39, 0.29) is 5.97 Å². The molecule has 0 spiro atoms. The molecule has 0 saturated carbocycles. The van der Waals surface area contributed by atoms with Gasteiger partial charge in [-0.2, -0.15) is 0 Å². The molecule has 0 radical (unpaired) electrons. The molecule has 1 rings (SSSR count). The number of rotatable bonds is 10. The van der Waals surface area contributed by atoms with Crippen LogP contribution < -0.4 is 0 Å². The molecule has 0 saturated heterocycles. The number of unbranched alkanes of at least 4 members (excludes halogenated alkanes) is 3. The summed E-state index contributed by atoms with van der Waals surface area (Å²) in [6.45, 7) is 9.03. The molecule has 0 amide bonds. The smallest absolute Gasteiger partial charge is 0.348 e. The molecule has 2 nitrogen and oxygen atoms in total. The highest BCUT2D eigenvalue weighted by atomic mass is 32.1. The number of thiophene rings is 1. The normalized spacial score (nSPS) is 12.1. The van der Waals surface area contributed by atoms with E-state index in [9.17, 15) is 4.79 Å². The third kappa shape index (κ3) is 6.38. The summed E-state index contributed by atoms with van der Waals surface area (Å²) in [4.78, 5) is 12.3. The Morgan fingerprint density at radius 2 is 2.20 bits per heavy atom. The zero-order valence-corrected chi connectivity index (χ0v) is 13.5. The number of carbonyl (C=O) groups is 1. The summed E-state index contributed by atoms with van der Waals surface area (Å²) in [5.74, 6) is 0.216. The lowest BCUT2D eigenvalue weighted by Crippen LogP contribution is -2.09. The monoisotopic (exact) mass is 294 g/mol. The molecule has 1 aromatic rings. The Morgan fingerprint density at radius 1 is 1.40 bits per heavy atom. The maximum atomic E-state index is 11.7. The van der Waals surface area contributed by atoms with Crippen LogP contribution >= 0.6 is 11.3 Å². The molecule has 112 valence electrons. The molecule has 1 unspecified atom stereocenters. The molecule has 20 heavy (non-hydrogen) atoms. The van der Waals surface area contributed by atoms with Crippen LogP contribution in [0.1, 0.15) is 62.0 Å². The predicted octanol–water partition coefficient (Wildman–Crippen LogP) is 5.46. The average Bonchev–Trinajstić information content (AvgIpc) is 2.97. The van der Waals surface area contributed by atoms with E-state index in [1.54, 1.807) is 6.07 Å². The topological polar surface area (TPSA) is 26.3 Å². The molecule has 0 fully saturated rings. The first-order valence-corrected chi connectivity index (χ1v) is 8.41. The second kappa shape index (κ2) is 9.76. The van der Waals surface area contributed by atoms with Crippen molar-refractivity contribution < 1.29 is 9.53 Å². The molecule has 0 aliphatic heterocycles. The summed E-state index contributed by atoms with van der Waals surface area (Å²) in [6.07, 6.45) is 7.05. The third-order valence-corrected chi connectivity index (χ3v) is 4.40. The Kier molecular flexibility index (Phi) is 8.28. The van der Waals surface area contributed by atoms with E-state index < -0.39 is 0 Å². The van der Waals surface area contributed by atoms with E-state index in [1.807, 2.05) is 11.4 Å². The van der Waals surface area contributed by atoms with Crippen LogP contribution in [0.15, 0.2) is 29.7 Å². The minimum atomic E-state index is -0.208. The van der Waals surface area contributed by atoms with Crippen molar-refractivity contribution in [3.05, 3.63) is 34.5 Å². The standard InChI is InChI=1S/C17H26O2S/c1-4-5-6-7-9-14(2)15(3)11-12-19-17(18)16-10-8-13-20-16/h8,10,13,15H,2,4-7,9,11-12H2,1,3H3. The second-order valence-electron chi connectivity index (χ2n) is 5.27. The van der Waals surface area contributed by atoms with Gasteiger partial charge in [0.2, 0.25) is 0 Å². The lowest BCUT2D eigenvalue weighted by atomic mass is 9.94. The minimum absolute atomic E-state index is 0.208. The first kappa shape index (κ1) is 17.0. The van der Waals surface area contributed by atoms with E-state index in [4.69, 9.17) is 4.74 Å². The van der Waals surface area contributed by atoms with E-state index in [0.29, 0.717) is 17.4 Å². The average molecular weight is 294 g/mol. The maximum absolute atomic E-state index is 11.7. The lowest BCUT2D eigenvalue weighted by Gasteiger charge is -2.14. The van der Waals surface area contributed by atoms with Crippen molar-refractivity contribution in [3.8, 4) is 0 Å². The second-order valence-corrected chi connectivity index (χ2v) is 6.22. The van der Waals surface area contributed by atoms with Crippen LogP contribution in [-0.4, -0.2) is 12.6 Å². The van der Waals surface area contributed by atoms with Gasteiger partial charge in [-0.3, -0.25) is 0 Å². The van der Waals surface area contributed by atoms with Crippen molar-refractivity contribution >= 4 is 17.3 Å². The van der Waals surface area contributed by atoms with Crippen LogP contribution in [-0.2, 0) is 4.74 Å². The Balaban J connectivity index is 2.14. The number of ether oxygens (including phenoxy) is 1. The van der Waals surface area contributed by atoms with Gasteiger partial charge in [0.15, 0.2) is 0 Å². The Hall–Kier alpha value is -1.09. The first-order chi connectivity index (χ1) is 9.65. The Morgan fingerprint density at radius 3 is 2.85 bits per heavy atom. The van der Waals surface area contributed by atoms with Gasteiger partial charge in [-0.15, -0.1) is 11.3 Å². The quantitative estimate of drug-likeness (QED) is 0.325. The van der Waals surface area contributed by atoms with Gasteiger partial charge in [-0.25, -0.2) is 4.79 Å². The van der Waals surface area contributed by atoms with Gasteiger partial charge in [-0.1, -0.05) is 51.3 Å². The molecule has 1 atom stereocenters. The summed E-state index contributed by atoms with van der Waals surface area (Å²) in [6, 6.07) is 3.66. The van der Waals surface area contributed by atoms with Crippen LogP contribution in [0.25, 0.3) is 0 Å². The van der Waals surface area contributed by atoms with Crippen LogP contribution in [0.5, 0.6) is 0 Å². The molecule has 0 aromatic carbocycles. The summed E-state index contributed by atoms with van der Waals surface area (Å²) < 4.78 is 5.28. The van der Waals surface area contributed by atoms with Gasteiger partial charge < -0.3 is 4.74 Å². The van der Waals surface area contributed by atoms with E-state index in [1.165, 1.54) is 42.6 Å². The summed E-state index contributed by atoms with van der Waals surface area (Å²) >= 11 is 1.42. The number of hydrogen-bond donors (Lipinski definition) is 0. The number of esters is 1. The van der Waals surface area contributed by atoms with Crippen molar-refractivity contribution in [2.75, 3.05) is 6.61 Å². The third-order valence-electron chi connectivity index (χ3n) is 3.55. The zero-order chi connectivity index (χ0) is 14.8. The van der Waals surface area contributed by atoms with Crippen LogP contribution in [0.4, 0.5) is 0 Å². The zero-order valence-electron chi connectivity index (χ0n) is 12.7. The molecule has 3 heteroatoms. The highest BCUT2D eigenvalue weighted by Crippen LogP contribution is 2.20. The summed E-state index contributed by atoms with van der Waals surface area (Å²) in [5, 5.41) is 1.89. The van der Waals surface area contributed by atoms with E-state index >= 15 is 0 Å². The molecule has 0 bridgehead atoms. The molecule has 0 aliphatic rings. The van der Waals surface area contributed by atoms with Gasteiger partial charge in [0.1, 0.15) is 4.88 Å². The van der Waals surface area contributed by atoms with Crippen LogP contribution in [0, 0.1) is 5.92 Å². The molecule has 0 aliphatic carbocycles. The van der Waals surface area contributed by atoms with E-state index in [2.05, 4.69) is 20.4 Å². The maximum Gasteiger partial charge on any atom is 0.348 e. The van der Waals surface area contributed by atoms with Gasteiger partial charge in [0.05, 0.1) is 6.61 Å². The number of hydrogen-bond acceptors (Lipinski definition) is 3. The summed E-state index contributed by atoms with van der Waals surface area (Å²) in [5.41, 5.74) is 1.29. The van der Waals surface area contributed by atoms with Gasteiger partial charge in [0.25, 0.3) is 0 Å². The van der Waals surface area contributed by atoms with Crippen LogP contribution in [0.2, 0.25) is 0 Å². The van der Waals surface area contributed by atoms with Crippen molar-refractivity contribution in [2.45, 2.75) is 52.4 Å². The lowest BCUT2D eigenvalue weighted by molar-refractivity contribution is 0.0495. The van der Waals surface area contributed by atoms with Gasteiger partial charge in [-0.05, 0) is 36.6 Å². The van der Waals surface area contributed by atoms with Crippen molar-refractivity contribution in [1.82, 2.24) is 0 Å². The summed E-state index contributed by atoms with van der Waals surface area (Å²) in [7, 11) is 0. The molecular formula is C17H26O2S. The first-order valence-electron chi connectivity index (χ1n) is 7.53. The van der Waals surface area contributed by atoms with Crippen LogP contribution in [0.3, 0.4) is 0 Å². The number of carbonyl (C=O) groups excluding carboxylic acids is 1. The predicted molar refractivity (Wildman–Crippen MR) is 86.3 cm³/mol. The minimum Gasteiger partial charge on any atom is -0.461 e. The van der Waals surface area contributed by atoms with Crippen molar-refractivity contribution in [3.63, 3.8) is 0 Å². The molecule has 1 aromatic heterocycles. The van der Waals surface area contributed by atoms with Gasteiger partial charge in [0, 0.05) is 0 Å². The SMILES string of the molecule is C=C(CCCCCC)C(C)CCOC(=O)c1cccs1. The van der Waals surface area contributed by atoms with Crippen molar-refractivity contribution in [1.29, 1.82) is 0 Å². The fourth-order valence-electron chi connectivity index (χ4n) is 2.02. The highest BCUT2D eigenvalue weighted by molar-refractivity contribution is 7.11. The Labute approximate surface area is 126 Å². The fraction of sp³-hybridized carbons (Fsp3) is 0.588. The highest BCUT2D eigenvalue weighted by Gasteiger charge is 2.10. The van der Waals surface area contributed by atoms with E-state index in [0.717, 1.165) is 12.8 Å². The molecule has 1 heterocycles. The number of allylic oxidation sites excluding steroid dienone is 1. The molecular weight excluding hydrogens is 268 g/mol. The Bertz CT molecular complexity index is 395. The van der Waals surface area contributed by atoms with Crippen molar-refractivity contribution in [2.24, 2.45) is 5.92 Å².